The summed E-state index contributed by atoms with van der Waals surface area (Å²) in [5.74, 6) is 0. The van der Waals surface area contributed by atoms with Crippen molar-refractivity contribution in [1.29, 1.82) is 0 Å². The van der Waals surface area contributed by atoms with Crippen LogP contribution in [-0.4, -0.2) is 0 Å². The van der Waals surface area contributed by atoms with Crippen LogP contribution in [-0.2, 0) is 12.5 Å². The van der Waals surface area contributed by atoms with Gasteiger partial charge in [-0.2, -0.15) is 0 Å². The van der Waals surface area contributed by atoms with Crippen molar-refractivity contribution in [1.82, 2.24) is 0 Å². The molecule has 0 bridgehead atoms. The topological polar surface area (TPSA) is 3.88 Å². The molecule has 0 atom stereocenters. The van der Waals surface area contributed by atoms with Gasteiger partial charge in [-0.15, -0.1) is 0 Å². The smallest absolute Gasteiger partial charge is 0.168 e. The first-order valence-electron chi connectivity index (χ1n) is 3.96. The van der Waals surface area contributed by atoms with E-state index in [2.05, 4.69) is 49.9 Å². The Kier molecular flexibility index (Phi) is 1.99. The van der Waals surface area contributed by atoms with E-state index >= 15 is 0 Å². The average Bonchev–Trinajstić information content (AvgIpc) is 1.86. The molecule has 0 radical (unpaired) electrons. The molecule has 0 amide bonds. The predicted octanol–water partition coefficient (Wildman–Crippen LogP) is 1.81. The van der Waals surface area contributed by atoms with E-state index in [0.29, 0.717) is 0 Å². The van der Waals surface area contributed by atoms with Gasteiger partial charge in [-0.05, 0) is 11.0 Å². The van der Waals surface area contributed by atoms with Gasteiger partial charge in [-0.1, -0.05) is 20.8 Å². The van der Waals surface area contributed by atoms with Crippen LogP contribution in [0, 0.1) is 0 Å². The number of pyridine rings is 1. The maximum absolute atomic E-state index is 2.22. The zero-order chi connectivity index (χ0) is 8.48. The van der Waals surface area contributed by atoms with E-state index in [1.54, 1.807) is 0 Å². The summed E-state index contributed by atoms with van der Waals surface area (Å²) in [5, 5.41) is 0. The Bertz CT molecular complexity index is 228. The minimum absolute atomic E-state index is 0.272. The van der Waals surface area contributed by atoms with Crippen LogP contribution >= 0.6 is 0 Å². The first-order chi connectivity index (χ1) is 5.00. The molecule has 1 aromatic heterocycles. The Labute approximate surface area is 68.7 Å². The molecule has 0 aliphatic carbocycles. The first-order valence-corrected chi connectivity index (χ1v) is 3.96. The van der Waals surface area contributed by atoms with Crippen molar-refractivity contribution >= 4 is 0 Å². The predicted molar refractivity (Wildman–Crippen MR) is 46.3 cm³/mol. The summed E-state index contributed by atoms with van der Waals surface area (Å²) in [7, 11) is 2.03. The van der Waals surface area contributed by atoms with Crippen molar-refractivity contribution in [2.45, 2.75) is 26.2 Å². The van der Waals surface area contributed by atoms with Gasteiger partial charge in [0.15, 0.2) is 12.4 Å². The van der Waals surface area contributed by atoms with E-state index in [0.717, 1.165) is 0 Å². The molecule has 0 fully saturated rings. The fourth-order valence-electron chi connectivity index (χ4n) is 1.00. The summed E-state index contributed by atoms with van der Waals surface area (Å²) in [5.41, 5.74) is 1.66. The van der Waals surface area contributed by atoms with Crippen molar-refractivity contribution in [3.63, 3.8) is 0 Å². The van der Waals surface area contributed by atoms with E-state index in [9.17, 15) is 0 Å². The lowest BCUT2D eigenvalue weighted by Gasteiger charge is -2.17. The molecule has 0 aliphatic rings. The van der Waals surface area contributed by atoms with Gasteiger partial charge in [0.2, 0.25) is 0 Å². The molecule has 1 heteroatoms. The Hall–Kier alpha value is -0.850. The van der Waals surface area contributed by atoms with Gasteiger partial charge in [0, 0.05) is 12.1 Å². The molecule has 0 saturated carbocycles. The van der Waals surface area contributed by atoms with E-state index in [1.165, 1.54) is 5.56 Å². The van der Waals surface area contributed by atoms with Crippen LogP contribution in [0.5, 0.6) is 0 Å². The van der Waals surface area contributed by atoms with Crippen molar-refractivity contribution < 1.29 is 4.57 Å². The highest BCUT2D eigenvalue weighted by Gasteiger charge is 2.13. The van der Waals surface area contributed by atoms with E-state index < -0.39 is 0 Å². The quantitative estimate of drug-likeness (QED) is 0.497. The van der Waals surface area contributed by atoms with E-state index in [4.69, 9.17) is 0 Å². The summed E-state index contributed by atoms with van der Waals surface area (Å²) >= 11 is 0. The van der Waals surface area contributed by atoms with Gasteiger partial charge in [0.05, 0.1) is 0 Å². The lowest BCUT2D eigenvalue weighted by Crippen LogP contribution is -2.27. The number of hydrogen-bond donors (Lipinski definition) is 0. The largest absolute Gasteiger partial charge is 0.208 e. The fourth-order valence-corrected chi connectivity index (χ4v) is 1.00. The molecule has 1 heterocycles. The Morgan fingerprint density at radius 1 is 1.09 bits per heavy atom. The zero-order valence-electron chi connectivity index (χ0n) is 7.76. The van der Waals surface area contributed by atoms with Crippen LogP contribution < -0.4 is 4.57 Å². The molecule has 0 aromatic carbocycles. The van der Waals surface area contributed by atoms with Gasteiger partial charge < -0.3 is 0 Å². The molecule has 0 N–H and O–H groups in total. The van der Waals surface area contributed by atoms with E-state index in [1.807, 2.05) is 7.05 Å². The third-order valence-electron chi connectivity index (χ3n) is 1.84. The van der Waals surface area contributed by atoms with Gasteiger partial charge >= 0.3 is 0 Å². The lowest BCUT2D eigenvalue weighted by atomic mass is 9.88. The molecule has 0 saturated heterocycles. The third kappa shape index (κ3) is 2.04. The molecule has 1 aromatic rings. The van der Waals surface area contributed by atoms with Crippen molar-refractivity contribution in [2.24, 2.45) is 7.05 Å². The fraction of sp³-hybridized carbons (Fsp3) is 0.500. The highest BCUT2D eigenvalue weighted by atomic mass is 14.9. The zero-order valence-corrected chi connectivity index (χ0v) is 7.76. The summed E-state index contributed by atoms with van der Waals surface area (Å²) in [6.45, 7) is 6.67. The van der Waals surface area contributed by atoms with Crippen LogP contribution in [0.1, 0.15) is 26.3 Å². The van der Waals surface area contributed by atoms with Crippen LogP contribution in [0.2, 0.25) is 0 Å². The van der Waals surface area contributed by atoms with Crippen LogP contribution in [0.15, 0.2) is 24.5 Å². The summed E-state index contributed by atoms with van der Waals surface area (Å²) in [4.78, 5) is 0. The van der Waals surface area contributed by atoms with Crippen molar-refractivity contribution in [2.75, 3.05) is 0 Å². The average molecular weight is 150 g/mol. The van der Waals surface area contributed by atoms with Gasteiger partial charge in [-0.25, -0.2) is 4.57 Å². The minimum Gasteiger partial charge on any atom is -0.208 e. The SMILES string of the molecule is C[n+]1ccc(C(C)(C)C)cc1. The van der Waals surface area contributed by atoms with Crippen LogP contribution in [0.25, 0.3) is 0 Å². The highest BCUT2D eigenvalue weighted by Crippen LogP contribution is 2.19. The normalized spacial score (nSPS) is 11.6. The summed E-state index contributed by atoms with van der Waals surface area (Å²) in [6, 6.07) is 4.33. The second-order valence-electron chi connectivity index (χ2n) is 4.00. The molecule has 0 aliphatic heterocycles. The summed E-state index contributed by atoms with van der Waals surface area (Å²) in [6.07, 6.45) is 4.17. The van der Waals surface area contributed by atoms with E-state index in [-0.39, 0.29) is 5.41 Å². The standard InChI is InChI=1S/C10H16N/c1-10(2,3)9-5-7-11(4)8-6-9/h5-8H,1-4H3/q+1. The molecule has 1 nitrogen and oxygen atoms in total. The van der Waals surface area contributed by atoms with Gasteiger partial charge in [0.1, 0.15) is 7.05 Å². The Morgan fingerprint density at radius 3 is 1.91 bits per heavy atom. The summed E-state index contributed by atoms with van der Waals surface area (Å²) < 4.78 is 2.05. The van der Waals surface area contributed by atoms with Crippen molar-refractivity contribution in [3.05, 3.63) is 30.1 Å². The molecule has 1 rings (SSSR count). The highest BCUT2D eigenvalue weighted by molar-refractivity contribution is 5.17. The second-order valence-corrected chi connectivity index (χ2v) is 4.00. The maximum atomic E-state index is 2.22. The van der Waals surface area contributed by atoms with Crippen LogP contribution in [0.4, 0.5) is 0 Å². The molecule has 0 spiro atoms. The number of aromatic nitrogens is 1. The first kappa shape index (κ1) is 8.25. The monoisotopic (exact) mass is 150 g/mol. The second kappa shape index (κ2) is 2.65. The lowest BCUT2D eigenvalue weighted by molar-refractivity contribution is -0.671. The molecular weight excluding hydrogens is 134 g/mol. The van der Waals surface area contributed by atoms with Crippen LogP contribution in [0.3, 0.4) is 0 Å². The Balaban J connectivity index is 2.99. The number of aryl methyl sites for hydroxylation is 1. The number of nitrogens with zero attached hydrogens (tertiary/aromatic N) is 1. The maximum Gasteiger partial charge on any atom is 0.168 e. The molecule has 0 unspecified atom stereocenters. The van der Waals surface area contributed by atoms with Gasteiger partial charge in [-0.3, -0.25) is 0 Å². The van der Waals surface area contributed by atoms with Crippen molar-refractivity contribution in [3.8, 4) is 0 Å². The molecular formula is C10H16N+. The van der Waals surface area contributed by atoms with Gasteiger partial charge in [0.25, 0.3) is 0 Å². The third-order valence-corrected chi connectivity index (χ3v) is 1.84. The minimum atomic E-state index is 0.272. The Morgan fingerprint density at radius 2 is 1.55 bits per heavy atom. The molecule has 60 valence electrons. The number of rotatable bonds is 0. The molecule has 11 heavy (non-hydrogen) atoms. The number of hydrogen-bond acceptors (Lipinski definition) is 0.